The number of pyridine rings is 1. The molecule has 0 amide bonds. The summed E-state index contributed by atoms with van der Waals surface area (Å²) >= 11 is 0. The molecule has 0 atom stereocenters. The van der Waals surface area contributed by atoms with Gasteiger partial charge in [0.1, 0.15) is 5.65 Å². The lowest BCUT2D eigenvalue weighted by Crippen LogP contribution is -2.47. The Morgan fingerprint density at radius 2 is 1.53 bits per heavy atom. The number of nitrogens with zero attached hydrogens (tertiary/aromatic N) is 4. The van der Waals surface area contributed by atoms with Gasteiger partial charge in [0, 0.05) is 62.6 Å². The number of benzene rings is 2. The zero-order valence-corrected chi connectivity index (χ0v) is 21.7. The van der Waals surface area contributed by atoms with Crippen LogP contribution in [0, 0.1) is 12.8 Å². The quantitative estimate of drug-likeness (QED) is 0.376. The minimum Gasteiger partial charge on any atom is -0.369 e. The summed E-state index contributed by atoms with van der Waals surface area (Å²) in [6.07, 6.45) is 8.20. The first-order valence-corrected chi connectivity index (χ1v) is 14.6. The van der Waals surface area contributed by atoms with Crippen molar-refractivity contribution in [2.24, 2.45) is 5.92 Å². The van der Waals surface area contributed by atoms with E-state index >= 15 is 0 Å². The van der Waals surface area contributed by atoms with Gasteiger partial charge in [-0.2, -0.15) is 0 Å². The van der Waals surface area contributed by atoms with Crippen LogP contribution in [0.3, 0.4) is 0 Å². The summed E-state index contributed by atoms with van der Waals surface area (Å²) < 4.78 is 25.6. The Bertz CT molecular complexity index is 1500. The van der Waals surface area contributed by atoms with E-state index in [9.17, 15) is 8.42 Å². The lowest BCUT2D eigenvalue weighted by Gasteiger charge is -2.36. The number of hydrogen-bond donors (Lipinski definition) is 0. The second kappa shape index (κ2) is 9.05. The standard InChI is InChI=1S/C29H32N4O2S/c1-21-17-25(19-33-20-28(30-29(21)33)24-7-11-27(12-8-24)36(2,34)35)23-5-9-26(10-6-23)32-15-13-31(14-16-32)18-22-3-4-22/h5-12,17,19-20,22H,3-4,13-16,18H2,1-2H3. The predicted octanol–water partition coefficient (Wildman–Crippen LogP) is 4.91. The Balaban J connectivity index is 1.21. The van der Waals surface area contributed by atoms with Crippen molar-refractivity contribution < 1.29 is 8.42 Å². The Labute approximate surface area is 213 Å². The summed E-state index contributed by atoms with van der Waals surface area (Å²) in [7, 11) is -3.22. The van der Waals surface area contributed by atoms with E-state index in [1.54, 1.807) is 12.1 Å². The van der Waals surface area contributed by atoms with Gasteiger partial charge >= 0.3 is 0 Å². The molecule has 36 heavy (non-hydrogen) atoms. The molecule has 0 unspecified atom stereocenters. The van der Waals surface area contributed by atoms with Crippen LogP contribution in [0.4, 0.5) is 5.69 Å². The molecule has 6 rings (SSSR count). The van der Waals surface area contributed by atoms with Gasteiger partial charge in [-0.05, 0) is 72.7 Å². The molecule has 1 saturated carbocycles. The fourth-order valence-corrected chi connectivity index (χ4v) is 5.79. The van der Waals surface area contributed by atoms with Gasteiger partial charge in [0.2, 0.25) is 0 Å². The van der Waals surface area contributed by atoms with Crippen LogP contribution in [-0.2, 0) is 9.84 Å². The summed E-state index contributed by atoms with van der Waals surface area (Å²) in [5.41, 5.74) is 7.36. The molecule has 2 fully saturated rings. The van der Waals surface area contributed by atoms with Crippen LogP contribution in [0.15, 0.2) is 71.9 Å². The first kappa shape index (κ1) is 23.3. The Morgan fingerprint density at radius 1 is 0.861 bits per heavy atom. The molecule has 0 bridgehead atoms. The van der Waals surface area contributed by atoms with Crippen LogP contribution < -0.4 is 4.90 Å². The monoisotopic (exact) mass is 500 g/mol. The molecule has 0 spiro atoms. The minimum absolute atomic E-state index is 0.317. The van der Waals surface area contributed by atoms with Crippen molar-refractivity contribution in [3.8, 4) is 22.4 Å². The van der Waals surface area contributed by atoms with Gasteiger partial charge in [-0.3, -0.25) is 4.90 Å². The van der Waals surface area contributed by atoms with E-state index in [4.69, 9.17) is 4.98 Å². The van der Waals surface area contributed by atoms with E-state index in [0.717, 1.165) is 60.1 Å². The first-order chi connectivity index (χ1) is 17.3. The number of fused-ring (bicyclic) bond motifs is 1. The molecule has 186 valence electrons. The molecule has 1 saturated heterocycles. The van der Waals surface area contributed by atoms with Gasteiger partial charge in [0.05, 0.1) is 10.6 Å². The number of aryl methyl sites for hydroxylation is 1. The molecule has 7 heteroatoms. The number of imidazole rings is 1. The highest BCUT2D eigenvalue weighted by atomic mass is 32.2. The Hall–Kier alpha value is -3.16. The van der Waals surface area contributed by atoms with Crippen molar-refractivity contribution in [3.63, 3.8) is 0 Å². The molecule has 1 aliphatic heterocycles. The fraction of sp³-hybridized carbons (Fsp3) is 0.345. The average molecular weight is 501 g/mol. The van der Waals surface area contributed by atoms with E-state index < -0.39 is 9.84 Å². The van der Waals surface area contributed by atoms with Crippen LogP contribution in [0.2, 0.25) is 0 Å². The number of anilines is 1. The van der Waals surface area contributed by atoms with Gasteiger partial charge in [-0.15, -0.1) is 0 Å². The number of rotatable bonds is 6. The molecule has 4 aromatic rings. The van der Waals surface area contributed by atoms with Gasteiger partial charge in [0.15, 0.2) is 9.84 Å². The zero-order valence-electron chi connectivity index (χ0n) is 20.9. The smallest absolute Gasteiger partial charge is 0.175 e. The van der Waals surface area contributed by atoms with Crippen LogP contribution in [-0.4, -0.2) is 61.7 Å². The van der Waals surface area contributed by atoms with Crippen LogP contribution in [0.25, 0.3) is 28.0 Å². The van der Waals surface area contributed by atoms with Crippen molar-refractivity contribution in [1.82, 2.24) is 14.3 Å². The average Bonchev–Trinajstić information content (AvgIpc) is 3.58. The maximum Gasteiger partial charge on any atom is 0.175 e. The molecular weight excluding hydrogens is 468 g/mol. The lowest BCUT2D eigenvalue weighted by molar-refractivity contribution is 0.248. The second-order valence-electron chi connectivity index (χ2n) is 10.3. The fourth-order valence-electron chi connectivity index (χ4n) is 5.16. The first-order valence-electron chi connectivity index (χ1n) is 12.7. The van der Waals surface area contributed by atoms with Crippen LogP contribution in [0.1, 0.15) is 18.4 Å². The molecule has 3 heterocycles. The van der Waals surface area contributed by atoms with Crippen LogP contribution in [0.5, 0.6) is 0 Å². The number of sulfone groups is 1. The van der Waals surface area contributed by atoms with Gasteiger partial charge in [-0.25, -0.2) is 13.4 Å². The van der Waals surface area contributed by atoms with E-state index in [2.05, 4.69) is 57.7 Å². The maximum atomic E-state index is 11.8. The molecular formula is C29H32N4O2S. The SMILES string of the molecule is Cc1cc(-c2ccc(N3CCN(CC4CC4)CC3)cc2)cn2cc(-c3ccc(S(C)(=O)=O)cc3)nc12. The summed E-state index contributed by atoms with van der Waals surface area (Å²) in [5.74, 6) is 0.962. The Morgan fingerprint density at radius 3 is 2.17 bits per heavy atom. The van der Waals surface area contributed by atoms with Gasteiger partial charge in [0.25, 0.3) is 0 Å². The third-order valence-corrected chi connectivity index (χ3v) is 8.59. The van der Waals surface area contributed by atoms with Crippen molar-refractivity contribution in [2.75, 3.05) is 43.9 Å². The topological polar surface area (TPSA) is 57.9 Å². The number of piperazine rings is 1. The summed E-state index contributed by atoms with van der Waals surface area (Å²) in [6, 6.07) is 18.0. The van der Waals surface area contributed by atoms with E-state index in [0.29, 0.717) is 4.90 Å². The van der Waals surface area contributed by atoms with Crippen molar-refractivity contribution >= 4 is 21.2 Å². The Kier molecular flexibility index (Phi) is 5.85. The van der Waals surface area contributed by atoms with Crippen molar-refractivity contribution in [3.05, 3.63) is 72.6 Å². The maximum absolute atomic E-state index is 11.8. The largest absolute Gasteiger partial charge is 0.369 e. The number of aromatic nitrogens is 2. The molecule has 0 N–H and O–H groups in total. The summed E-state index contributed by atoms with van der Waals surface area (Å²) in [4.78, 5) is 10.3. The van der Waals surface area contributed by atoms with Crippen molar-refractivity contribution in [1.29, 1.82) is 0 Å². The second-order valence-corrected chi connectivity index (χ2v) is 12.4. The molecule has 2 aromatic carbocycles. The number of hydrogen-bond acceptors (Lipinski definition) is 5. The molecule has 6 nitrogen and oxygen atoms in total. The van der Waals surface area contributed by atoms with Gasteiger partial charge in [-0.1, -0.05) is 24.3 Å². The zero-order chi connectivity index (χ0) is 24.9. The third kappa shape index (κ3) is 4.77. The molecule has 2 aliphatic rings. The van der Waals surface area contributed by atoms with E-state index in [1.807, 2.05) is 18.3 Å². The minimum atomic E-state index is -3.22. The molecule has 2 aromatic heterocycles. The highest BCUT2D eigenvalue weighted by molar-refractivity contribution is 7.90. The molecule has 0 radical (unpaired) electrons. The highest BCUT2D eigenvalue weighted by Crippen LogP contribution is 2.31. The third-order valence-electron chi connectivity index (χ3n) is 7.46. The van der Waals surface area contributed by atoms with E-state index in [-0.39, 0.29) is 0 Å². The molecule has 1 aliphatic carbocycles. The highest BCUT2D eigenvalue weighted by Gasteiger charge is 2.26. The van der Waals surface area contributed by atoms with Crippen molar-refractivity contribution in [2.45, 2.75) is 24.7 Å². The van der Waals surface area contributed by atoms with Gasteiger partial charge < -0.3 is 9.30 Å². The summed E-state index contributed by atoms with van der Waals surface area (Å²) in [5, 5.41) is 0. The predicted molar refractivity (Wildman–Crippen MR) is 145 cm³/mol. The van der Waals surface area contributed by atoms with Crippen LogP contribution >= 0.6 is 0 Å². The van der Waals surface area contributed by atoms with E-state index in [1.165, 1.54) is 36.9 Å². The summed E-state index contributed by atoms with van der Waals surface area (Å²) in [6.45, 7) is 7.89. The normalized spacial score (nSPS) is 17.1. The lowest BCUT2D eigenvalue weighted by atomic mass is 10.1.